The molecule has 1 unspecified atom stereocenters. The van der Waals surface area contributed by atoms with Crippen LogP contribution in [0.15, 0.2) is 12.1 Å². The van der Waals surface area contributed by atoms with E-state index in [1.54, 1.807) is 0 Å². The monoisotopic (exact) mass is 290 g/mol. The average molecular weight is 290 g/mol. The number of amides is 2. The van der Waals surface area contributed by atoms with Crippen molar-refractivity contribution in [2.45, 2.75) is 26.3 Å². The standard InChI is InChI=1S/C13H17F3N2O2/c1-7(2)3-9(6-19)17-13(20)18-12-10(15)4-8(14)5-11(12)16/h4-5,7,9,19H,3,6H2,1-2H3,(H2,17,18,20). The first-order chi connectivity index (χ1) is 9.33. The van der Waals surface area contributed by atoms with Crippen molar-refractivity contribution in [2.24, 2.45) is 5.92 Å². The summed E-state index contributed by atoms with van der Waals surface area (Å²) in [6.45, 7) is 3.52. The van der Waals surface area contributed by atoms with Crippen molar-refractivity contribution in [2.75, 3.05) is 11.9 Å². The zero-order valence-corrected chi connectivity index (χ0v) is 11.2. The van der Waals surface area contributed by atoms with Crippen LogP contribution in [0.3, 0.4) is 0 Å². The molecule has 0 fully saturated rings. The van der Waals surface area contributed by atoms with Crippen molar-refractivity contribution in [1.82, 2.24) is 5.32 Å². The van der Waals surface area contributed by atoms with Crippen molar-refractivity contribution in [3.05, 3.63) is 29.6 Å². The van der Waals surface area contributed by atoms with Gasteiger partial charge in [0, 0.05) is 12.1 Å². The summed E-state index contributed by atoms with van der Waals surface area (Å²) >= 11 is 0. The first-order valence-corrected chi connectivity index (χ1v) is 6.16. The van der Waals surface area contributed by atoms with Crippen LogP contribution in [-0.4, -0.2) is 23.8 Å². The van der Waals surface area contributed by atoms with E-state index in [1.807, 2.05) is 19.2 Å². The summed E-state index contributed by atoms with van der Waals surface area (Å²) < 4.78 is 39.4. The molecule has 0 aromatic heterocycles. The van der Waals surface area contributed by atoms with E-state index in [-0.39, 0.29) is 12.5 Å². The molecule has 1 rings (SSSR count). The highest BCUT2D eigenvalue weighted by Crippen LogP contribution is 2.20. The van der Waals surface area contributed by atoms with Gasteiger partial charge in [0.25, 0.3) is 0 Å². The summed E-state index contributed by atoms with van der Waals surface area (Å²) in [6.07, 6.45) is 0.512. The smallest absolute Gasteiger partial charge is 0.319 e. The van der Waals surface area contributed by atoms with Crippen LogP contribution in [0.25, 0.3) is 0 Å². The highest BCUT2D eigenvalue weighted by molar-refractivity contribution is 5.89. The van der Waals surface area contributed by atoms with Crippen LogP contribution in [0.1, 0.15) is 20.3 Å². The number of anilines is 1. The topological polar surface area (TPSA) is 61.4 Å². The number of nitrogens with one attached hydrogen (secondary N) is 2. The molecule has 1 atom stereocenters. The van der Waals surface area contributed by atoms with Gasteiger partial charge < -0.3 is 15.7 Å². The molecule has 0 bridgehead atoms. The van der Waals surface area contributed by atoms with Gasteiger partial charge in [-0.05, 0) is 12.3 Å². The van der Waals surface area contributed by atoms with Crippen LogP contribution >= 0.6 is 0 Å². The van der Waals surface area contributed by atoms with Crippen LogP contribution in [0.2, 0.25) is 0 Å². The molecule has 7 heteroatoms. The minimum Gasteiger partial charge on any atom is -0.394 e. The summed E-state index contributed by atoms with van der Waals surface area (Å²) in [5.74, 6) is -3.25. The summed E-state index contributed by atoms with van der Waals surface area (Å²) in [5.41, 5.74) is -0.731. The summed E-state index contributed by atoms with van der Waals surface area (Å²) in [4.78, 5) is 11.6. The number of benzene rings is 1. The maximum absolute atomic E-state index is 13.3. The molecule has 3 N–H and O–H groups in total. The van der Waals surface area contributed by atoms with E-state index >= 15 is 0 Å². The third-order valence-electron chi connectivity index (χ3n) is 2.56. The second-order valence-corrected chi connectivity index (χ2v) is 4.85. The Labute approximate surface area is 115 Å². The Morgan fingerprint density at radius 3 is 2.25 bits per heavy atom. The minimum atomic E-state index is -1.21. The van der Waals surface area contributed by atoms with Gasteiger partial charge in [-0.25, -0.2) is 18.0 Å². The van der Waals surface area contributed by atoms with Crippen molar-refractivity contribution in [3.63, 3.8) is 0 Å². The molecule has 0 saturated carbocycles. The van der Waals surface area contributed by atoms with Gasteiger partial charge >= 0.3 is 6.03 Å². The number of carbonyl (C=O) groups is 1. The SMILES string of the molecule is CC(C)CC(CO)NC(=O)Nc1c(F)cc(F)cc1F. The number of halogens is 3. The maximum atomic E-state index is 13.3. The van der Waals surface area contributed by atoms with Gasteiger partial charge in [-0.15, -0.1) is 0 Å². The predicted octanol–water partition coefficient (Wildman–Crippen LogP) is 2.63. The molecule has 0 spiro atoms. The fourth-order valence-electron chi connectivity index (χ4n) is 1.74. The van der Waals surface area contributed by atoms with Gasteiger partial charge in [-0.1, -0.05) is 13.8 Å². The van der Waals surface area contributed by atoms with Crippen molar-refractivity contribution < 1.29 is 23.1 Å². The van der Waals surface area contributed by atoms with E-state index in [4.69, 9.17) is 5.11 Å². The lowest BCUT2D eigenvalue weighted by Gasteiger charge is -2.18. The summed E-state index contributed by atoms with van der Waals surface area (Å²) in [7, 11) is 0. The Morgan fingerprint density at radius 2 is 1.80 bits per heavy atom. The molecule has 1 aromatic rings. The van der Waals surface area contributed by atoms with Crippen LogP contribution < -0.4 is 10.6 Å². The highest BCUT2D eigenvalue weighted by Gasteiger charge is 2.17. The number of carbonyl (C=O) groups excluding carboxylic acids is 1. The third kappa shape index (κ3) is 4.73. The number of aliphatic hydroxyl groups excluding tert-OH is 1. The number of hydrogen-bond acceptors (Lipinski definition) is 2. The van der Waals surface area contributed by atoms with E-state index in [2.05, 4.69) is 5.32 Å². The van der Waals surface area contributed by atoms with Crippen molar-refractivity contribution >= 4 is 11.7 Å². The van der Waals surface area contributed by atoms with E-state index in [1.165, 1.54) is 0 Å². The Bertz CT molecular complexity index is 458. The van der Waals surface area contributed by atoms with Gasteiger partial charge in [0.05, 0.1) is 12.6 Å². The molecule has 0 radical (unpaired) electrons. The first-order valence-electron chi connectivity index (χ1n) is 6.16. The lowest BCUT2D eigenvalue weighted by Crippen LogP contribution is -2.41. The molecule has 0 aliphatic carbocycles. The molecule has 1 aromatic carbocycles. The van der Waals surface area contributed by atoms with E-state index < -0.39 is 35.2 Å². The predicted molar refractivity (Wildman–Crippen MR) is 68.8 cm³/mol. The van der Waals surface area contributed by atoms with Crippen LogP contribution in [0.5, 0.6) is 0 Å². The Hall–Kier alpha value is -1.76. The molecular weight excluding hydrogens is 273 g/mol. The van der Waals surface area contributed by atoms with Crippen LogP contribution in [-0.2, 0) is 0 Å². The zero-order valence-electron chi connectivity index (χ0n) is 11.2. The Kier molecular flexibility index (Phi) is 5.82. The normalized spacial score (nSPS) is 12.3. The van der Waals surface area contributed by atoms with Crippen LogP contribution in [0, 0.1) is 23.4 Å². The largest absolute Gasteiger partial charge is 0.394 e. The molecule has 0 saturated heterocycles. The minimum absolute atomic E-state index is 0.228. The molecule has 0 heterocycles. The Morgan fingerprint density at radius 1 is 1.25 bits per heavy atom. The number of rotatable bonds is 5. The van der Waals surface area contributed by atoms with Crippen LogP contribution in [0.4, 0.5) is 23.7 Å². The van der Waals surface area contributed by atoms with E-state index in [0.717, 1.165) is 0 Å². The van der Waals surface area contributed by atoms with Gasteiger partial charge in [0.1, 0.15) is 11.5 Å². The zero-order chi connectivity index (χ0) is 15.3. The van der Waals surface area contributed by atoms with Gasteiger partial charge in [-0.2, -0.15) is 0 Å². The first kappa shape index (κ1) is 16.3. The van der Waals surface area contributed by atoms with Gasteiger partial charge in [0.15, 0.2) is 11.6 Å². The lowest BCUT2D eigenvalue weighted by atomic mass is 10.0. The second-order valence-electron chi connectivity index (χ2n) is 4.85. The second kappa shape index (κ2) is 7.14. The average Bonchev–Trinajstić information content (AvgIpc) is 2.32. The maximum Gasteiger partial charge on any atom is 0.319 e. The van der Waals surface area contributed by atoms with Gasteiger partial charge in [-0.3, -0.25) is 0 Å². The fourth-order valence-corrected chi connectivity index (χ4v) is 1.74. The molecule has 0 aliphatic rings. The number of aliphatic hydroxyl groups is 1. The molecule has 20 heavy (non-hydrogen) atoms. The summed E-state index contributed by atoms with van der Waals surface area (Å²) in [6, 6.07) is -0.456. The van der Waals surface area contributed by atoms with Crippen molar-refractivity contribution in [3.8, 4) is 0 Å². The molecule has 0 aliphatic heterocycles. The fraction of sp³-hybridized carbons (Fsp3) is 0.462. The quantitative estimate of drug-likeness (QED) is 0.780. The summed E-state index contributed by atoms with van der Waals surface area (Å²) in [5, 5.41) is 13.4. The molecule has 4 nitrogen and oxygen atoms in total. The van der Waals surface area contributed by atoms with Crippen molar-refractivity contribution in [1.29, 1.82) is 0 Å². The number of hydrogen-bond donors (Lipinski definition) is 3. The molecule has 2 amide bonds. The van der Waals surface area contributed by atoms with E-state index in [9.17, 15) is 18.0 Å². The lowest BCUT2D eigenvalue weighted by molar-refractivity contribution is 0.214. The highest BCUT2D eigenvalue weighted by atomic mass is 19.1. The Balaban J connectivity index is 2.71. The number of urea groups is 1. The molecule has 112 valence electrons. The van der Waals surface area contributed by atoms with Gasteiger partial charge in [0.2, 0.25) is 0 Å². The van der Waals surface area contributed by atoms with E-state index in [0.29, 0.717) is 18.6 Å². The molecular formula is C13H17F3N2O2. The third-order valence-corrected chi connectivity index (χ3v) is 2.56.